The van der Waals surface area contributed by atoms with Gasteiger partial charge in [0.2, 0.25) is 0 Å². The predicted octanol–water partition coefficient (Wildman–Crippen LogP) is 1.94. The monoisotopic (exact) mass is 132 g/mol. The molecule has 0 bridgehead atoms. The van der Waals surface area contributed by atoms with Crippen molar-refractivity contribution in [1.29, 1.82) is 0 Å². The van der Waals surface area contributed by atoms with Crippen molar-refractivity contribution in [1.82, 2.24) is 0 Å². The van der Waals surface area contributed by atoms with Crippen molar-refractivity contribution < 1.29 is 4.74 Å². The lowest BCUT2D eigenvalue weighted by atomic mass is 10.5. The molecule has 0 atom stereocenters. The van der Waals surface area contributed by atoms with Gasteiger partial charge in [-0.2, -0.15) is 0 Å². The van der Waals surface area contributed by atoms with E-state index in [1.807, 2.05) is 0 Å². The average molecular weight is 133 g/mol. The van der Waals surface area contributed by atoms with Gasteiger partial charge in [0.25, 0.3) is 0 Å². The molecule has 0 aliphatic carbocycles. The molecule has 0 aliphatic rings. The normalized spacial score (nSPS) is 11.5. The second-order valence-electron chi connectivity index (χ2n) is 1.25. The van der Waals surface area contributed by atoms with E-state index < -0.39 is 0 Å². The SMILES string of the molecule is C=CC(Cl)=CCOC. The minimum Gasteiger partial charge on any atom is -0.381 e. The Hall–Kier alpha value is -0.270. The molecule has 8 heavy (non-hydrogen) atoms. The molecule has 2 heteroatoms. The summed E-state index contributed by atoms with van der Waals surface area (Å²) in [6.45, 7) is 4.00. The van der Waals surface area contributed by atoms with Gasteiger partial charge in [-0.1, -0.05) is 24.3 Å². The van der Waals surface area contributed by atoms with Crippen LogP contribution in [0.15, 0.2) is 23.8 Å². The van der Waals surface area contributed by atoms with Gasteiger partial charge >= 0.3 is 0 Å². The van der Waals surface area contributed by atoms with Gasteiger partial charge in [0.05, 0.1) is 6.61 Å². The smallest absolute Gasteiger partial charge is 0.0660 e. The van der Waals surface area contributed by atoms with Crippen LogP contribution in [0.4, 0.5) is 0 Å². The van der Waals surface area contributed by atoms with Gasteiger partial charge in [-0.05, 0) is 6.08 Å². The van der Waals surface area contributed by atoms with Crippen LogP contribution in [0.2, 0.25) is 0 Å². The van der Waals surface area contributed by atoms with E-state index in [0.717, 1.165) is 0 Å². The highest BCUT2D eigenvalue weighted by Gasteiger charge is 1.78. The Labute approximate surface area is 54.6 Å². The van der Waals surface area contributed by atoms with Crippen molar-refractivity contribution >= 4 is 11.6 Å². The Morgan fingerprint density at radius 3 is 2.88 bits per heavy atom. The Balaban J connectivity index is 3.40. The molecule has 0 saturated heterocycles. The minimum atomic E-state index is 0.546. The van der Waals surface area contributed by atoms with Crippen molar-refractivity contribution in [2.75, 3.05) is 13.7 Å². The molecule has 0 N–H and O–H groups in total. The third-order valence-electron chi connectivity index (χ3n) is 0.640. The van der Waals surface area contributed by atoms with E-state index in [0.29, 0.717) is 11.6 Å². The van der Waals surface area contributed by atoms with Crippen LogP contribution < -0.4 is 0 Å². The van der Waals surface area contributed by atoms with Crippen LogP contribution in [0.3, 0.4) is 0 Å². The quantitative estimate of drug-likeness (QED) is 0.534. The van der Waals surface area contributed by atoms with E-state index in [2.05, 4.69) is 6.58 Å². The van der Waals surface area contributed by atoms with Crippen LogP contribution in [0, 0.1) is 0 Å². The zero-order valence-electron chi connectivity index (χ0n) is 4.86. The van der Waals surface area contributed by atoms with E-state index >= 15 is 0 Å². The number of methoxy groups -OCH3 is 1. The highest BCUT2D eigenvalue weighted by molar-refractivity contribution is 6.31. The fourth-order valence-electron chi connectivity index (χ4n) is 0.246. The summed E-state index contributed by atoms with van der Waals surface area (Å²) in [6.07, 6.45) is 3.31. The first-order chi connectivity index (χ1) is 3.81. The largest absolute Gasteiger partial charge is 0.381 e. The molecule has 0 amide bonds. The molecule has 0 unspecified atom stereocenters. The molecule has 0 aromatic heterocycles. The lowest BCUT2D eigenvalue weighted by Gasteiger charge is -1.87. The second-order valence-corrected chi connectivity index (χ2v) is 1.68. The van der Waals surface area contributed by atoms with Crippen LogP contribution in [-0.4, -0.2) is 13.7 Å². The molecule has 0 aromatic rings. The van der Waals surface area contributed by atoms with Gasteiger partial charge in [-0.15, -0.1) is 0 Å². The molecule has 0 aromatic carbocycles. The van der Waals surface area contributed by atoms with E-state index in [-0.39, 0.29) is 0 Å². The first-order valence-corrected chi connectivity index (χ1v) is 2.66. The molecule has 0 fully saturated rings. The summed E-state index contributed by atoms with van der Waals surface area (Å²) in [5.74, 6) is 0. The van der Waals surface area contributed by atoms with Gasteiger partial charge in [0.1, 0.15) is 0 Å². The number of hydrogen-bond donors (Lipinski definition) is 0. The third kappa shape index (κ3) is 3.90. The number of allylic oxidation sites excluding steroid dienone is 2. The highest BCUT2D eigenvalue weighted by atomic mass is 35.5. The van der Waals surface area contributed by atoms with E-state index in [1.54, 1.807) is 19.3 Å². The Bertz CT molecular complexity index is 96.7. The van der Waals surface area contributed by atoms with Crippen molar-refractivity contribution in [3.63, 3.8) is 0 Å². The predicted molar refractivity (Wildman–Crippen MR) is 36.0 cm³/mol. The lowest BCUT2D eigenvalue weighted by Crippen LogP contribution is -1.80. The van der Waals surface area contributed by atoms with Gasteiger partial charge in [0.15, 0.2) is 0 Å². The third-order valence-corrected chi connectivity index (χ3v) is 0.949. The van der Waals surface area contributed by atoms with Gasteiger partial charge in [0, 0.05) is 12.1 Å². The maximum atomic E-state index is 5.51. The summed E-state index contributed by atoms with van der Waals surface area (Å²) in [7, 11) is 1.61. The van der Waals surface area contributed by atoms with Crippen LogP contribution in [0.1, 0.15) is 0 Å². The van der Waals surface area contributed by atoms with Crippen LogP contribution >= 0.6 is 11.6 Å². The zero-order chi connectivity index (χ0) is 6.41. The fourth-order valence-corrected chi connectivity index (χ4v) is 0.309. The topological polar surface area (TPSA) is 9.23 Å². The number of rotatable bonds is 3. The molecule has 0 aliphatic heterocycles. The minimum absolute atomic E-state index is 0.546. The standard InChI is InChI=1S/C6H9ClO/c1-3-6(7)4-5-8-2/h3-4H,1,5H2,2H3. The Morgan fingerprint density at radius 2 is 2.50 bits per heavy atom. The molecule has 0 saturated carbocycles. The number of hydrogen-bond acceptors (Lipinski definition) is 1. The zero-order valence-corrected chi connectivity index (χ0v) is 5.61. The van der Waals surface area contributed by atoms with E-state index in [9.17, 15) is 0 Å². The molecular formula is C6H9ClO. The molecule has 0 rings (SSSR count). The number of ether oxygens (including phenoxy) is 1. The molecule has 46 valence electrons. The Morgan fingerprint density at radius 1 is 1.88 bits per heavy atom. The van der Waals surface area contributed by atoms with Gasteiger partial charge in [-0.3, -0.25) is 0 Å². The fraction of sp³-hybridized carbons (Fsp3) is 0.333. The molecule has 0 heterocycles. The summed E-state index contributed by atoms with van der Waals surface area (Å²) in [5.41, 5.74) is 0. The molecule has 1 nitrogen and oxygen atoms in total. The molecular weight excluding hydrogens is 124 g/mol. The first-order valence-electron chi connectivity index (χ1n) is 2.28. The summed E-state index contributed by atoms with van der Waals surface area (Å²) in [5, 5.41) is 0.631. The van der Waals surface area contributed by atoms with Crippen LogP contribution in [-0.2, 0) is 4.74 Å². The molecule has 0 spiro atoms. The maximum Gasteiger partial charge on any atom is 0.0660 e. The van der Waals surface area contributed by atoms with Crippen molar-refractivity contribution in [3.05, 3.63) is 23.8 Å². The van der Waals surface area contributed by atoms with Crippen LogP contribution in [0.5, 0.6) is 0 Å². The highest BCUT2D eigenvalue weighted by Crippen LogP contribution is 1.99. The van der Waals surface area contributed by atoms with Crippen LogP contribution in [0.25, 0.3) is 0 Å². The van der Waals surface area contributed by atoms with Crippen molar-refractivity contribution in [3.8, 4) is 0 Å². The lowest BCUT2D eigenvalue weighted by molar-refractivity contribution is 0.233. The first kappa shape index (κ1) is 7.73. The Kier molecular flexibility index (Phi) is 4.71. The van der Waals surface area contributed by atoms with Crippen molar-refractivity contribution in [2.24, 2.45) is 0 Å². The summed E-state index contributed by atoms with van der Waals surface area (Å²) in [6, 6.07) is 0. The summed E-state index contributed by atoms with van der Waals surface area (Å²) in [4.78, 5) is 0. The summed E-state index contributed by atoms with van der Waals surface area (Å²) < 4.78 is 4.71. The van der Waals surface area contributed by atoms with E-state index in [1.165, 1.54) is 0 Å². The van der Waals surface area contributed by atoms with Gasteiger partial charge in [-0.25, -0.2) is 0 Å². The second kappa shape index (κ2) is 4.88. The maximum absolute atomic E-state index is 5.51. The number of halogens is 1. The summed E-state index contributed by atoms with van der Waals surface area (Å²) >= 11 is 5.51. The van der Waals surface area contributed by atoms with E-state index in [4.69, 9.17) is 16.3 Å². The van der Waals surface area contributed by atoms with Gasteiger partial charge < -0.3 is 4.74 Å². The molecule has 0 radical (unpaired) electrons. The van der Waals surface area contributed by atoms with Crippen molar-refractivity contribution in [2.45, 2.75) is 0 Å². The average Bonchev–Trinajstić information content (AvgIpc) is 1.83.